The summed E-state index contributed by atoms with van der Waals surface area (Å²) < 4.78 is 14.3. The first-order valence-corrected chi connectivity index (χ1v) is 13.1. The SMILES string of the molecule is O=C(c1ccccc1)[C@@H]1[C@@H](c2cccc([N+](=O)[O-])c2)C2(C(=O)c3ccccc3C2=O)[C@@H]2C=Cc3cc(F)ccc3N12. The van der Waals surface area contributed by atoms with E-state index in [-0.39, 0.29) is 22.6 Å². The van der Waals surface area contributed by atoms with Gasteiger partial charge < -0.3 is 4.90 Å². The van der Waals surface area contributed by atoms with E-state index in [0.29, 0.717) is 22.4 Å². The molecule has 2 heterocycles. The minimum atomic E-state index is -1.80. The molecular formula is C33H21FN2O5. The van der Waals surface area contributed by atoms with Crippen molar-refractivity contribution < 1.29 is 23.7 Å². The topological polar surface area (TPSA) is 97.6 Å². The summed E-state index contributed by atoms with van der Waals surface area (Å²) in [5, 5.41) is 11.8. The molecule has 7 rings (SSSR count). The molecule has 3 aliphatic rings. The standard InChI is InChI=1S/C33H21FN2O5/c34-22-14-15-26-20(17-22)13-16-27-33(31(38)24-11-4-5-12-25(24)32(33)39)28(21-9-6-10-23(18-21)36(40)41)29(35(26)27)30(37)19-7-2-1-3-8-19/h1-18,27-29H/t27-,28+,29-/m0/s1. The number of Topliss-reactive ketones (excluding diaryl/α,β-unsaturated/α-hetero) is 3. The third-order valence-corrected chi connectivity index (χ3v) is 8.53. The van der Waals surface area contributed by atoms with Crippen molar-refractivity contribution in [2.45, 2.75) is 18.0 Å². The van der Waals surface area contributed by atoms with Crippen LogP contribution < -0.4 is 4.90 Å². The molecule has 3 atom stereocenters. The smallest absolute Gasteiger partial charge is 0.269 e. The molecule has 0 amide bonds. The lowest BCUT2D eigenvalue weighted by Crippen LogP contribution is -2.48. The second-order valence-electron chi connectivity index (χ2n) is 10.5. The summed E-state index contributed by atoms with van der Waals surface area (Å²) >= 11 is 0. The van der Waals surface area contributed by atoms with E-state index in [0.717, 1.165) is 0 Å². The highest BCUT2D eigenvalue weighted by Gasteiger charge is 2.71. The maximum absolute atomic E-state index is 14.6. The fraction of sp³-hybridized carbons (Fsp3) is 0.121. The largest absolute Gasteiger partial charge is 0.352 e. The van der Waals surface area contributed by atoms with Crippen LogP contribution in [0.1, 0.15) is 48.1 Å². The van der Waals surface area contributed by atoms with Gasteiger partial charge in [-0.1, -0.05) is 78.9 Å². The molecule has 0 unspecified atom stereocenters. The molecule has 1 spiro atoms. The number of non-ortho nitro benzene ring substituents is 1. The highest BCUT2D eigenvalue weighted by molar-refractivity contribution is 6.32. The lowest BCUT2D eigenvalue weighted by atomic mass is 9.64. The molecule has 2 aliphatic heterocycles. The summed E-state index contributed by atoms with van der Waals surface area (Å²) in [4.78, 5) is 56.7. The summed E-state index contributed by atoms with van der Waals surface area (Å²) in [6.45, 7) is 0. The van der Waals surface area contributed by atoms with Crippen LogP contribution in [0.15, 0.2) is 103 Å². The summed E-state index contributed by atoms with van der Waals surface area (Å²) in [6.07, 6.45) is 3.36. The number of carbonyl (C=O) groups is 3. The van der Waals surface area contributed by atoms with Crippen LogP contribution in [-0.2, 0) is 0 Å². The number of rotatable bonds is 4. The number of nitro benzene ring substituents is 1. The van der Waals surface area contributed by atoms with Crippen LogP contribution >= 0.6 is 0 Å². The van der Waals surface area contributed by atoms with E-state index in [2.05, 4.69) is 0 Å². The van der Waals surface area contributed by atoms with Gasteiger partial charge in [0.2, 0.25) is 0 Å². The van der Waals surface area contributed by atoms with Gasteiger partial charge in [-0.15, -0.1) is 0 Å². The number of benzene rings is 4. The number of nitro groups is 1. The number of anilines is 1. The Bertz CT molecular complexity index is 1800. The molecule has 1 saturated heterocycles. The zero-order valence-corrected chi connectivity index (χ0v) is 21.4. The highest BCUT2D eigenvalue weighted by atomic mass is 19.1. The molecular weight excluding hydrogens is 523 g/mol. The third-order valence-electron chi connectivity index (χ3n) is 8.53. The summed E-state index contributed by atoms with van der Waals surface area (Å²) in [5.74, 6) is -2.80. The lowest BCUT2D eigenvalue weighted by Gasteiger charge is -2.37. The molecule has 0 radical (unpaired) electrons. The van der Waals surface area contributed by atoms with Gasteiger partial charge in [0.1, 0.15) is 17.3 Å². The van der Waals surface area contributed by atoms with Crippen molar-refractivity contribution >= 4 is 34.8 Å². The minimum absolute atomic E-state index is 0.221. The third kappa shape index (κ3) is 3.34. The summed E-state index contributed by atoms with van der Waals surface area (Å²) in [7, 11) is 0. The van der Waals surface area contributed by atoms with Crippen molar-refractivity contribution in [3.63, 3.8) is 0 Å². The lowest BCUT2D eigenvalue weighted by molar-refractivity contribution is -0.384. The van der Waals surface area contributed by atoms with E-state index in [4.69, 9.17) is 0 Å². The number of nitrogens with zero attached hydrogens (tertiary/aromatic N) is 2. The molecule has 0 N–H and O–H groups in total. The Hall–Kier alpha value is -5.24. The van der Waals surface area contributed by atoms with Gasteiger partial charge in [0.25, 0.3) is 5.69 Å². The average molecular weight is 545 g/mol. The average Bonchev–Trinajstić information content (AvgIpc) is 3.43. The van der Waals surface area contributed by atoms with Gasteiger partial charge in [-0.05, 0) is 23.8 Å². The Morgan fingerprint density at radius 3 is 2.22 bits per heavy atom. The van der Waals surface area contributed by atoms with Gasteiger partial charge in [-0.2, -0.15) is 0 Å². The van der Waals surface area contributed by atoms with Crippen LogP contribution in [0.5, 0.6) is 0 Å². The summed E-state index contributed by atoms with van der Waals surface area (Å²) in [5.41, 5.74) is 0.164. The van der Waals surface area contributed by atoms with Gasteiger partial charge in [-0.3, -0.25) is 24.5 Å². The number of carbonyl (C=O) groups excluding carboxylic acids is 3. The molecule has 0 aromatic heterocycles. The molecule has 41 heavy (non-hydrogen) atoms. The molecule has 0 saturated carbocycles. The maximum Gasteiger partial charge on any atom is 0.269 e. The van der Waals surface area contributed by atoms with E-state index in [1.165, 1.54) is 30.3 Å². The predicted molar refractivity (Wildman–Crippen MR) is 150 cm³/mol. The first-order chi connectivity index (χ1) is 19.8. The first-order valence-electron chi connectivity index (χ1n) is 13.1. The van der Waals surface area contributed by atoms with Gasteiger partial charge in [0.15, 0.2) is 17.3 Å². The van der Waals surface area contributed by atoms with Crippen molar-refractivity contribution in [1.29, 1.82) is 0 Å². The maximum atomic E-state index is 14.6. The normalized spacial score (nSPS) is 21.5. The molecule has 0 bridgehead atoms. The van der Waals surface area contributed by atoms with Crippen LogP contribution in [0.2, 0.25) is 0 Å². The van der Waals surface area contributed by atoms with E-state index in [9.17, 15) is 28.9 Å². The second kappa shape index (κ2) is 8.89. The van der Waals surface area contributed by atoms with Gasteiger partial charge >= 0.3 is 0 Å². The molecule has 8 heteroatoms. The van der Waals surface area contributed by atoms with E-state index in [1.54, 1.807) is 83.8 Å². The van der Waals surface area contributed by atoms with Crippen molar-refractivity contribution in [2.75, 3.05) is 4.90 Å². The molecule has 7 nitrogen and oxygen atoms in total. The quantitative estimate of drug-likeness (QED) is 0.134. The van der Waals surface area contributed by atoms with E-state index < -0.39 is 45.7 Å². The van der Waals surface area contributed by atoms with Crippen molar-refractivity contribution in [2.24, 2.45) is 5.41 Å². The highest BCUT2D eigenvalue weighted by Crippen LogP contribution is 2.61. The summed E-state index contributed by atoms with van der Waals surface area (Å²) in [6, 6.07) is 23.0. The van der Waals surface area contributed by atoms with Crippen LogP contribution in [0.3, 0.4) is 0 Å². The van der Waals surface area contributed by atoms with Crippen LogP contribution in [0.4, 0.5) is 15.8 Å². The fourth-order valence-electron chi connectivity index (χ4n) is 6.93. The van der Waals surface area contributed by atoms with Crippen molar-refractivity contribution in [3.8, 4) is 0 Å². The van der Waals surface area contributed by atoms with Gasteiger partial charge in [-0.25, -0.2) is 4.39 Å². The number of ketones is 3. The molecule has 1 fully saturated rings. The van der Waals surface area contributed by atoms with E-state index >= 15 is 0 Å². The van der Waals surface area contributed by atoms with Crippen molar-refractivity contribution in [3.05, 3.63) is 147 Å². The fourth-order valence-corrected chi connectivity index (χ4v) is 6.93. The molecule has 200 valence electrons. The Labute approximate surface area is 233 Å². The molecule has 1 aliphatic carbocycles. The van der Waals surface area contributed by atoms with Gasteiger partial charge in [0, 0.05) is 46.0 Å². The van der Waals surface area contributed by atoms with Crippen LogP contribution in [0.25, 0.3) is 6.08 Å². The molecule has 4 aromatic carbocycles. The van der Waals surface area contributed by atoms with Crippen LogP contribution in [0, 0.1) is 21.3 Å². The Balaban J connectivity index is 1.57. The van der Waals surface area contributed by atoms with Gasteiger partial charge in [0.05, 0.1) is 11.0 Å². The number of hydrogen-bond acceptors (Lipinski definition) is 6. The zero-order valence-electron chi connectivity index (χ0n) is 21.4. The number of hydrogen-bond donors (Lipinski definition) is 0. The zero-order chi connectivity index (χ0) is 28.5. The predicted octanol–water partition coefficient (Wildman–Crippen LogP) is 6.05. The van der Waals surface area contributed by atoms with E-state index in [1.807, 2.05) is 0 Å². The number of fused-ring (bicyclic) bond motifs is 5. The Kier molecular flexibility index (Phi) is 5.37. The molecule has 4 aromatic rings. The monoisotopic (exact) mass is 544 g/mol. The Morgan fingerprint density at radius 1 is 0.854 bits per heavy atom. The van der Waals surface area contributed by atoms with Crippen molar-refractivity contribution in [1.82, 2.24) is 0 Å². The first kappa shape index (κ1) is 24.8. The van der Waals surface area contributed by atoms with Crippen LogP contribution in [-0.4, -0.2) is 34.4 Å². The number of halogens is 1. The second-order valence-corrected chi connectivity index (χ2v) is 10.5. The Morgan fingerprint density at radius 2 is 1.54 bits per heavy atom. The minimum Gasteiger partial charge on any atom is -0.352 e.